The Bertz CT molecular complexity index is 329. The van der Waals surface area contributed by atoms with E-state index in [0.717, 1.165) is 24.5 Å². The lowest BCUT2D eigenvalue weighted by atomic mass is 10.2. The van der Waals surface area contributed by atoms with Gasteiger partial charge in [-0.15, -0.1) is 0 Å². The first-order chi connectivity index (χ1) is 7.69. The number of anilines is 1. The summed E-state index contributed by atoms with van der Waals surface area (Å²) in [6.07, 6.45) is 2.20. The molecule has 4 heteroatoms. The van der Waals surface area contributed by atoms with Gasteiger partial charge in [0.05, 0.1) is 18.8 Å². The van der Waals surface area contributed by atoms with Gasteiger partial charge in [0.15, 0.2) is 0 Å². The molecular weight excluding hydrogens is 204 g/mol. The van der Waals surface area contributed by atoms with Gasteiger partial charge in [0, 0.05) is 19.3 Å². The number of nitrogens with zero attached hydrogens (tertiary/aromatic N) is 2. The number of hydrogen-bond acceptors (Lipinski definition) is 4. The largest absolute Gasteiger partial charge is 0.392 e. The fourth-order valence-electron chi connectivity index (χ4n) is 2.06. The lowest BCUT2D eigenvalue weighted by molar-refractivity contribution is -0.00546. The molecule has 1 aromatic heterocycles. The van der Waals surface area contributed by atoms with E-state index in [4.69, 9.17) is 9.84 Å². The molecule has 2 unspecified atom stereocenters. The molecule has 1 aliphatic rings. The number of pyridine rings is 1. The molecule has 0 amide bonds. The summed E-state index contributed by atoms with van der Waals surface area (Å²) in [5.41, 5.74) is 0.845. The van der Waals surface area contributed by atoms with Crippen molar-refractivity contribution in [1.82, 2.24) is 4.98 Å². The lowest BCUT2D eigenvalue weighted by Crippen LogP contribution is -2.45. The van der Waals surface area contributed by atoms with Crippen molar-refractivity contribution >= 4 is 5.82 Å². The number of aliphatic hydroxyl groups is 1. The Morgan fingerprint density at radius 1 is 1.38 bits per heavy atom. The number of ether oxygens (including phenoxy) is 1. The molecule has 1 aromatic rings. The third-order valence-electron chi connectivity index (χ3n) is 2.74. The van der Waals surface area contributed by atoms with Gasteiger partial charge in [-0.3, -0.25) is 0 Å². The zero-order valence-corrected chi connectivity index (χ0v) is 9.76. The van der Waals surface area contributed by atoms with E-state index in [0.29, 0.717) is 0 Å². The van der Waals surface area contributed by atoms with E-state index in [2.05, 4.69) is 23.7 Å². The average Bonchev–Trinajstić information content (AvgIpc) is 2.28. The fourth-order valence-corrected chi connectivity index (χ4v) is 2.06. The van der Waals surface area contributed by atoms with Crippen LogP contribution in [0.3, 0.4) is 0 Å². The van der Waals surface area contributed by atoms with Crippen molar-refractivity contribution in [3.8, 4) is 0 Å². The van der Waals surface area contributed by atoms with E-state index >= 15 is 0 Å². The van der Waals surface area contributed by atoms with Crippen LogP contribution in [0.4, 0.5) is 5.82 Å². The second kappa shape index (κ2) is 4.80. The molecule has 0 radical (unpaired) electrons. The van der Waals surface area contributed by atoms with Crippen LogP contribution in [0.15, 0.2) is 18.3 Å². The van der Waals surface area contributed by atoms with Crippen LogP contribution in [0.5, 0.6) is 0 Å². The van der Waals surface area contributed by atoms with Crippen molar-refractivity contribution in [2.24, 2.45) is 0 Å². The summed E-state index contributed by atoms with van der Waals surface area (Å²) >= 11 is 0. The molecule has 88 valence electrons. The molecule has 16 heavy (non-hydrogen) atoms. The lowest BCUT2D eigenvalue weighted by Gasteiger charge is -2.36. The molecule has 0 spiro atoms. The van der Waals surface area contributed by atoms with Crippen LogP contribution in [0.25, 0.3) is 0 Å². The second-order valence-electron chi connectivity index (χ2n) is 4.35. The van der Waals surface area contributed by atoms with Gasteiger partial charge in [-0.2, -0.15) is 0 Å². The summed E-state index contributed by atoms with van der Waals surface area (Å²) < 4.78 is 5.67. The average molecular weight is 222 g/mol. The predicted molar refractivity (Wildman–Crippen MR) is 62.4 cm³/mol. The minimum absolute atomic E-state index is 0.0448. The van der Waals surface area contributed by atoms with Crippen LogP contribution >= 0.6 is 0 Å². The van der Waals surface area contributed by atoms with Crippen LogP contribution in [-0.2, 0) is 11.3 Å². The first-order valence-corrected chi connectivity index (χ1v) is 5.65. The van der Waals surface area contributed by atoms with Crippen molar-refractivity contribution < 1.29 is 9.84 Å². The van der Waals surface area contributed by atoms with E-state index in [1.54, 1.807) is 6.20 Å². The van der Waals surface area contributed by atoms with Gasteiger partial charge < -0.3 is 14.7 Å². The highest BCUT2D eigenvalue weighted by Gasteiger charge is 2.22. The molecule has 1 aliphatic heterocycles. The maximum Gasteiger partial charge on any atom is 0.128 e. The van der Waals surface area contributed by atoms with Crippen molar-refractivity contribution in [2.75, 3.05) is 18.0 Å². The summed E-state index contributed by atoms with van der Waals surface area (Å²) in [4.78, 5) is 6.57. The summed E-state index contributed by atoms with van der Waals surface area (Å²) in [6, 6.07) is 3.86. The van der Waals surface area contributed by atoms with Gasteiger partial charge in [0.1, 0.15) is 5.82 Å². The fraction of sp³-hybridized carbons (Fsp3) is 0.583. The first-order valence-electron chi connectivity index (χ1n) is 5.65. The topological polar surface area (TPSA) is 45.6 Å². The van der Waals surface area contributed by atoms with Crippen LogP contribution in [0, 0.1) is 0 Å². The van der Waals surface area contributed by atoms with Crippen LogP contribution in [-0.4, -0.2) is 35.4 Å². The standard InChI is InChI=1S/C12H18N2O2/c1-9-6-14(7-10(2)16-9)12-4-3-11(8-15)5-13-12/h3-5,9-10,15H,6-8H2,1-2H3. The van der Waals surface area contributed by atoms with Gasteiger partial charge in [0.2, 0.25) is 0 Å². The van der Waals surface area contributed by atoms with Crippen molar-refractivity contribution in [1.29, 1.82) is 0 Å². The predicted octanol–water partition coefficient (Wildman–Crippen LogP) is 1.19. The van der Waals surface area contributed by atoms with Crippen LogP contribution in [0.1, 0.15) is 19.4 Å². The Kier molecular flexibility index (Phi) is 3.41. The second-order valence-corrected chi connectivity index (χ2v) is 4.35. The molecule has 0 aliphatic carbocycles. The molecule has 2 rings (SSSR count). The van der Waals surface area contributed by atoms with Gasteiger partial charge in [-0.1, -0.05) is 6.07 Å². The quantitative estimate of drug-likeness (QED) is 0.816. The summed E-state index contributed by atoms with van der Waals surface area (Å²) in [5, 5.41) is 8.95. The van der Waals surface area contributed by atoms with Crippen molar-refractivity contribution in [3.63, 3.8) is 0 Å². The molecule has 0 saturated carbocycles. The van der Waals surface area contributed by atoms with E-state index in [-0.39, 0.29) is 18.8 Å². The van der Waals surface area contributed by atoms with E-state index in [9.17, 15) is 0 Å². The summed E-state index contributed by atoms with van der Waals surface area (Å²) in [7, 11) is 0. The Labute approximate surface area is 95.9 Å². The number of morpholine rings is 1. The highest BCUT2D eigenvalue weighted by atomic mass is 16.5. The summed E-state index contributed by atoms with van der Waals surface area (Å²) in [5.74, 6) is 0.958. The molecule has 4 nitrogen and oxygen atoms in total. The van der Waals surface area contributed by atoms with Gasteiger partial charge >= 0.3 is 0 Å². The highest BCUT2D eigenvalue weighted by molar-refractivity contribution is 5.40. The van der Waals surface area contributed by atoms with Gasteiger partial charge in [-0.25, -0.2) is 4.98 Å². The molecular formula is C12H18N2O2. The third kappa shape index (κ3) is 2.51. The van der Waals surface area contributed by atoms with Crippen LogP contribution in [0.2, 0.25) is 0 Å². The maximum absolute atomic E-state index is 8.95. The molecule has 1 N–H and O–H groups in total. The zero-order chi connectivity index (χ0) is 11.5. The van der Waals surface area contributed by atoms with Crippen LogP contribution < -0.4 is 4.90 Å². The first kappa shape index (κ1) is 11.4. The third-order valence-corrected chi connectivity index (χ3v) is 2.74. The van der Waals surface area contributed by atoms with E-state index < -0.39 is 0 Å². The van der Waals surface area contributed by atoms with E-state index in [1.165, 1.54) is 0 Å². The SMILES string of the molecule is CC1CN(c2ccc(CO)cn2)CC(C)O1. The smallest absolute Gasteiger partial charge is 0.128 e. The molecule has 0 bridgehead atoms. The monoisotopic (exact) mass is 222 g/mol. The Balaban J connectivity index is 2.10. The van der Waals surface area contributed by atoms with Gasteiger partial charge in [-0.05, 0) is 25.5 Å². The maximum atomic E-state index is 8.95. The van der Waals surface area contributed by atoms with Crippen molar-refractivity contribution in [2.45, 2.75) is 32.7 Å². The molecule has 0 aromatic carbocycles. The highest BCUT2D eigenvalue weighted by Crippen LogP contribution is 2.18. The minimum atomic E-state index is 0.0448. The number of hydrogen-bond donors (Lipinski definition) is 1. The molecule has 2 atom stereocenters. The Morgan fingerprint density at radius 2 is 2.06 bits per heavy atom. The number of rotatable bonds is 2. The molecule has 1 saturated heterocycles. The normalized spacial score (nSPS) is 25.8. The van der Waals surface area contributed by atoms with Gasteiger partial charge in [0.25, 0.3) is 0 Å². The van der Waals surface area contributed by atoms with E-state index in [1.807, 2.05) is 12.1 Å². The Morgan fingerprint density at radius 3 is 2.56 bits per heavy atom. The number of aromatic nitrogens is 1. The summed E-state index contributed by atoms with van der Waals surface area (Å²) in [6.45, 7) is 5.93. The minimum Gasteiger partial charge on any atom is -0.392 e. The molecule has 1 fully saturated rings. The molecule has 2 heterocycles. The Hall–Kier alpha value is -1.13. The number of aliphatic hydroxyl groups excluding tert-OH is 1. The van der Waals surface area contributed by atoms with Crippen molar-refractivity contribution in [3.05, 3.63) is 23.9 Å². The zero-order valence-electron chi connectivity index (χ0n) is 9.76.